The predicted molar refractivity (Wildman–Crippen MR) is 80.7 cm³/mol. The smallest absolute Gasteiger partial charge is 0.231 e. The monoisotopic (exact) mass is 292 g/mol. The predicted octanol–water partition coefficient (Wildman–Crippen LogP) is 1.52. The molecule has 1 heterocycles. The van der Waals surface area contributed by atoms with E-state index < -0.39 is 6.10 Å². The Morgan fingerprint density at radius 2 is 2.05 bits per heavy atom. The summed E-state index contributed by atoms with van der Waals surface area (Å²) in [7, 11) is 4.27. The highest BCUT2D eigenvalue weighted by atomic mass is 16.7. The summed E-state index contributed by atoms with van der Waals surface area (Å²) in [4.78, 5) is 2.30. The zero-order valence-electron chi connectivity index (χ0n) is 12.8. The molecule has 1 aromatic rings. The summed E-state index contributed by atoms with van der Waals surface area (Å²) in [5, 5.41) is 13.7. The largest absolute Gasteiger partial charge is 0.454 e. The number of aliphatic hydroxyl groups is 1. The topological polar surface area (TPSA) is 54.0 Å². The van der Waals surface area contributed by atoms with Crippen LogP contribution < -0.4 is 14.8 Å². The molecular weight excluding hydrogens is 268 g/mol. The molecule has 5 nitrogen and oxygen atoms in total. The Morgan fingerprint density at radius 1 is 1.29 bits per heavy atom. The SMILES string of the molecule is CN(C)C1(CNCC(O)c2ccc3c(c2)OCO3)CCC1. The number of nitrogens with zero attached hydrogens (tertiary/aromatic N) is 1. The van der Waals surface area contributed by atoms with Gasteiger partial charge in [-0.1, -0.05) is 6.07 Å². The van der Waals surface area contributed by atoms with Crippen LogP contribution in [-0.2, 0) is 0 Å². The first kappa shape index (κ1) is 14.6. The lowest BCUT2D eigenvalue weighted by atomic mass is 9.75. The van der Waals surface area contributed by atoms with Gasteiger partial charge in [0.2, 0.25) is 6.79 Å². The molecule has 1 unspecified atom stereocenters. The molecule has 1 fully saturated rings. The average molecular weight is 292 g/mol. The molecule has 1 aliphatic carbocycles. The molecule has 3 rings (SSSR count). The van der Waals surface area contributed by atoms with Crippen molar-refractivity contribution in [2.45, 2.75) is 30.9 Å². The van der Waals surface area contributed by atoms with Gasteiger partial charge in [0.25, 0.3) is 0 Å². The minimum absolute atomic E-state index is 0.262. The maximum atomic E-state index is 10.3. The van der Waals surface area contributed by atoms with Crippen molar-refractivity contribution in [3.8, 4) is 11.5 Å². The molecular formula is C16H24N2O3. The fourth-order valence-electron chi connectivity index (χ4n) is 3.05. The average Bonchev–Trinajstić information content (AvgIpc) is 2.88. The van der Waals surface area contributed by atoms with Gasteiger partial charge >= 0.3 is 0 Å². The van der Waals surface area contributed by atoms with Crippen molar-refractivity contribution in [2.24, 2.45) is 0 Å². The third-order valence-electron chi connectivity index (χ3n) is 4.81. The van der Waals surface area contributed by atoms with Gasteiger partial charge in [0, 0.05) is 18.6 Å². The summed E-state index contributed by atoms with van der Waals surface area (Å²) < 4.78 is 10.6. The maximum Gasteiger partial charge on any atom is 0.231 e. The third-order valence-corrected chi connectivity index (χ3v) is 4.81. The number of aliphatic hydroxyl groups excluding tert-OH is 1. The maximum absolute atomic E-state index is 10.3. The Balaban J connectivity index is 1.53. The van der Waals surface area contributed by atoms with Crippen LogP contribution in [0.5, 0.6) is 11.5 Å². The normalized spacial score (nSPS) is 20.4. The minimum Gasteiger partial charge on any atom is -0.454 e. The van der Waals surface area contributed by atoms with Crippen molar-refractivity contribution in [3.63, 3.8) is 0 Å². The molecule has 0 saturated heterocycles. The Bertz CT molecular complexity index is 500. The van der Waals surface area contributed by atoms with Crippen LogP contribution in [0.2, 0.25) is 0 Å². The van der Waals surface area contributed by atoms with E-state index in [-0.39, 0.29) is 12.3 Å². The molecule has 116 valence electrons. The molecule has 5 heteroatoms. The zero-order chi connectivity index (χ0) is 14.9. The Morgan fingerprint density at radius 3 is 2.71 bits per heavy atom. The van der Waals surface area contributed by atoms with Crippen LogP contribution in [0.3, 0.4) is 0 Å². The van der Waals surface area contributed by atoms with E-state index in [1.165, 1.54) is 19.3 Å². The van der Waals surface area contributed by atoms with Crippen LogP contribution in [0.4, 0.5) is 0 Å². The van der Waals surface area contributed by atoms with Gasteiger partial charge in [0.15, 0.2) is 11.5 Å². The summed E-state index contributed by atoms with van der Waals surface area (Å²) in [6, 6.07) is 5.61. The first-order chi connectivity index (χ1) is 10.1. The number of rotatable bonds is 6. The van der Waals surface area contributed by atoms with Gasteiger partial charge < -0.3 is 24.8 Å². The quantitative estimate of drug-likeness (QED) is 0.832. The van der Waals surface area contributed by atoms with E-state index in [9.17, 15) is 5.11 Å². The summed E-state index contributed by atoms with van der Waals surface area (Å²) >= 11 is 0. The molecule has 0 aromatic heterocycles. The molecule has 1 saturated carbocycles. The van der Waals surface area contributed by atoms with E-state index in [1.54, 1.807) is 0 Å². The molecule has 0 spiro atoms. The van der Waals surface area contributed by atoms with Crippen molar-refractivity contribution in [3.05, 3.63) is 23.8 Å². The number of ether oxygens (including phenoxy) is 2. The lowest BCUT2D eigenvalue weighted by Gasteiger charge is -2.47. The van der Waals surface area contributed by atoms with Crippen LogP contribution in [0.25, 0.3) is 0 Å². The fraction of sp³-hybridized carbons (Fsp3) is 0.625. The van der Waals surface area contributed by atoms with Crippen molar-refractivity contribution in [2.75, 3.05) is 34.0 Å². The lowest BCUT2D eigenvalue weighted by Crippen LogP contribution is -2.56. The summed E-state index contributed by atoms with van der Waals surface area (Å²) in [5.74, 6) is 1.47. The van der Waals surface area contributed by atoms with Gasteiger partial charge in [-0.3, -0.25) is 0 Å². The minimum atomic E-state index is -0.529. The first-order valence-corrected chi connectivity index (χ1v) is 7.56. The van der Waals surface area contributed by atoms with E-state index in [1.807, 2.05) is 18.2 Å². The standard InChI is InChI=1S/C16H24N2O3/c1-18(2)16(6-3-7-16)10-17-9-13(19)12-4-5-14-15(8-12)21-11-20-14/h4-5,8,13,17,19H,3,6-7,9-11H2,1-2H3. The first-order valence-electron chi connectivity index (χ1n) is 7.56. The van der Waals surface area contributed by atoms with Crippen LogP contribution in [0.1, 0.15) is 30.9 Å². The van der Waals surface area contributed by atoms with Gasteiger partial charge in [0.1, 0.15) is 0 Å². The van der Waals surface area contributed by atoms with Crippen molar-refractivity contribution in [1.82, 2.24) is 10.2 Å². The van der Waals surface area contributed by atoms with E-state index >= 15 is 0 Å². The molecule has 1 aliphatic heterocycles. The van der Waals surface area contributed by atoms with E-state index in [0.717, 1.165) is 23.6 Å². The van der Waals surface area contributed by atoms with Crippen molar-refractivity contribution >= 4 is 0 Å². The molecule has 0 amide bonds. The van der Waals surface area contributed by atoms with Crippen LogP contribution in [-0.4, -0.2) is 49.5 Å². The number of likely N-dealkylation sites (N-methyl/N-ethyl adjacent to an activating group) is 1. The van der Waals surface area contributed by atoms with E-state index in [0.29, 0.717) is 6.54 Å². The van der Waals surface area contributed by atoms with Crippen molar-refractivity contribution < 1.29 is 14.6 Å². The summed E-state index contributed by atoms with van der Waals surface area (Å²) in [5.41, 5.74) is 1.13. The molecule has 21 heavy (non-hydrogen) atoms. The highest BCUT2D eigenvalue weighted by Crippen LogP contribution is 2.36. The van der Waals surface area contributed by atoms with Crippen LogP contribution in [0, 0.1) is 0 Å². The van der Waals surface area contributed by atoms with Gasteiger partial charge in [0.05, 0.1) is 6.10 Å². The second-order valence-electron chi connectivity index (χ2n) is 6.23. The number of hydrogen-bond acceptors (Lipinski definition) is 5. The number of nitrogens with one attached hydrogen (secondary N) is 1. The highest BCUT2D eigenvalue weighted by Gasteiger charge is 2.38. The molecule has 0 bridgehead atoms. The summed E-state index contributed by atoms with van der Waals surface area (Å²) in [6.45, 7) is 1.73. The van der Waals surface area contributed by atoms with Gasteiger partial charge in [-0.15, -0.1) is 0 Å². The van der Waals surface area contributed by atoms with Crippen LogP contribution in [0.15, 0.2) is 18.2 Å². The van der Waals surface area contributed by atoms with Crippen LogP contribution >= 0.6 is 0 Å². The zero-order valence-corrected chi connectivity index (χ0v) is 12.8. The third kappa shape index (κ3) is 2.86. The fourth-order valence-corrected chi connectivity index (χ4v) is 3.05. The molecule has 0 radical (unpaired) electrons. The van der Waals surface area contributed by atoms with E-state index in [4.69, 9.17) is 9.47 Å². The second-order valence-corrected chi connectivity index (χ2v) is 6.23. The lowest BCUT2D eigenvalue weighted by molar-refractivity contribution is 0.0555. The molecule has 1 aromatic carbocycles. The number of fused-ring (bicyclic) bond motifs is 1. The number of benzene rings is 1. The molecule has 1 atom stereocenters. The van der Waals surface area contributed by atoms with Gasteiger partial charge in [-0.25, -0.2) is 0 Å². The van der Waals surface area contributed by atoms with E-state index in [2.05, 4.69) is 24.3 Å². The van der Waals surface area contributed by atoms with Gasteiger partial charge in [-0.2, -0.15) is 0 Å². The Labute approximate surface area is 125 Å². The van der Waals surface area contributed by atoms with Gasteiger partial charge in [-0.05, 0) is 51.1 Å². The number of hydrogen-bond donors (Lipinski definition) is 2. The highest BCUT2D eigenvalue weighted by molar-refractivity contribution is 5.45. The Kier molecular flexibility index (Phi) is 4.06. The Hall–Kier alpha value is -1.30. The summed E-state index contributed by atoms with van der Waals surface area (Å²) in [6.07, 6.45) is 3.23. The van der Waals surface area contributed by atoms with Crippen molar-refractivity contribution in [1.29, 1.82) is 0 Å². The second kappa shape index (κ2) is 5.83. The molecule has 2 aliphatic rings. The molecule has 2 N–H and O–H groups in total.